The van der Waals surface area contributed by atoms with Gasteiger partial charge in [-0.1, -0.05) is 27.7 Å². The van der Waals surface area contributed by atoms with E-state index in [-0.39, 0.29) is 17.1 Å². The molecule has 0 aromatic rings. The average molecular weight is 240 g/mol. The van der Waals surface area contributed by atoms with E-state index in [1.165, 1.54) is 6.08 Å². The molecule has 0 spiro atoms. The van der Waals surface area contributed by atoms with Crippen molar-refractivity contribution >= 4 is 11.9 Å². The van der Waals surface area contributed by atoms with Gasteiger partial charge in [-0.05, 0) is 11.3 Å². The van der Waals surface area contributed by atoms with Gasteiger partial charge in [-0.25, -0.2) is 4.79 Å². The third kappa shape index (κ3) is 5.02. The summed E-state index contributed by atoms with van der Waals surface area (Å²) in [5.74, 6) is 0.661. The number of carbonyl (C=O) groups excluding carboxylic acids is 2. The molecule has 1 rings (SSSR count). The van der Waals surface area contributed by atoms with Crippen molar-refractivity contribution in [2.75, 3.05) is 6.61 Å². The first-order valence-corrected chi connectivity index (χ1v) is 5.86. The molecule has 0 aliphatic heterocycles. The first-order valence-electron chi connectivity index (χ1n) is 5.86. The third-order valence-corrected chi connectivity index (χ3v) is 2.38. The Hall–Kier alpha value is -1.32. The molecule has 0 radical (unpaired) electrons. The molecule has 0 heterocycles. The Bertz CT molecular complexity index is 339. The molecule has 17 heavy (non-hydrogen) atoms. The molecular weight excluding hydrogens is 220 g/mol. The molecular formula is C13H20O4. The molecule has 96 valence electrons. The lowest BCUT2D eigenvalue weighted by molar-refractivity contribution is -0.117. The van der Waals surface area contributed by atoms with Crippen LogP contribution in [0.1, 0.15) is 40.5 Å². The Balaban J connectivity index is 2.51. The van der Waals surface area contributed by atoms with Crippen molar-refractivity contribution in [2.45, 2.75) is 40.5 Å². The highest BCUT2D eigenvalue weighted by Gasteiger charge is 2.29. The summed E-state index contributed by atoms with van der Waals surface area (Å²) in [6.07, 6.45) is 1.73. The van der Waals surface area contributed by atoms with Crippen molar-refractivity contribution in [1.82, 2.24) is 0 Å². The first-order chi connectivity index (χ1) is 7.78. The normalized spacial score (nSPS) is 18.9. The van der Waals surface area contributed by atoms with Crippen molar-refractivity contribution in [3.8, 4) is 0 Å². The van der Waals surface area contributed by atoms with Crippen LogP contribution in [-0.4, -0.2) is 18.5 Å². The topological polar surface area (TPSA) is 52.6 Å². The number of ketones is 1. The SMILES string of the molecule is CC(C)COC(=O)OC1=CC(=O)CC(C)(C)C1. The monoisotopic (exact) mass is 240 g/mol. The highest BCUT2D eigenvalue weighted by atomic mass is 16.7. The number of hydrogen-bond acceptors (Lipinski definition) is 4. The maximum atomic E-state index is 11.4. The van der Waals surface area contributed by atoms with E-state index < -0.39 is 6.16 Å². The Labute approximate surface area is 102 Å². The summed E-state index contributed by atoms with van der Waals surface area (Å²) >= 11 is 0. The van der Waals surface area contributed by atoms with E-state index in [0.717, 1.165) is 0 Å². The van der Waals surface area contributed by atoms with Crippen molar-refractivity contribution < 1.29 is 19.1 Å². The maximum Gasteiger partial charge on any atom is 0.513 e. The number of ether oxygens (including phenoxy) is 2. The van der Waals surface area contributed by atoms with Crippen LogP contribution in [0.3, 0.4) is 0 Å². The van der Waals surface area contributed by atoms with Gasteiger partial charge < -0.3 is 9.47 Å². The van der Waals surface area contributed by atoms with Gasteiger partial charge in [-0.15, -0.1) is 0 Å². The van der Waals surface area contributed by atoms with E-state index in [1.807, 2.05) is 27.7 Å². The number of allylic oxidation sites excluding steroid dienone is 2. The molecule has 0 saturated heterocycles. The van der Waals surface area contributed by atoms with E-state index in [4.69, 9.17) is 9.47 Å². The molecule has 1 aliphatic carbocycles. The Morgan fingerprint density at radius 2 is 2.06 bits per heavy atom. The summed E-state index contributed by atoms with van der Waals surface area (Å²) in [6.45, 7) is 8.16. The second-order valence-corrected chi connectivity index (χ2v) is 5.65. The largest absolute Gasteiger partial charge is 0.513 e. The Morgan fingerprint density at radius 3 is 2.59 bits per heavy atom. The Kier molecular flexibility index (Phi) is 4.32. The molecule has 0 saturated carbocycles. The summed E-state index contributed by atoms with van der Waals surface area (Å²) < 4.78 is 9.92. The van der Waals surface area contributed by atoms with Gasteiger partial charge in [0.15, 0.2) is 5.78 Å². The van der Waals surface area contributed by atoms with Crippen molar-refractivity contribution in [3.63, 3.8) is 0 Å². The zero-order valence-corrected chi connectivity index (χ0v) is 10.9. The van der Waals surface area contributed by atoms with E-state index in [1.54, 1.807) is 0 Å². The highest BCUT2D eigenvalue weighted by Crippen LogP contribution is 2.34. The molecule has 0 atom stereocenters. The third-order valence-electron chi connectivity index (χ3n) is 2.38. The fourth-order valence-corrected chi connectivity index (χ4v) is 1.72. The summed E-state index contributed by atoms with van der Waals surface area (Å²) in [7, 11) is 0. The van der Waals surface area contributed by atoms with Crippen LogP contribution in [0.15, 0.2) is 11.8 Å². The predicted molar refractivity (Wildman–Crippen MR) is 63.4 cm³/mol. The fourth-order valence-electron chi connectivity index (χ4n) is 1.72. The highest BCUT2D eigenvalue weighted by molar-refractivity contribution is 5.91. The van der Waals surface area contributed by atoms with Crippen LogP contribution in [0.4, 0.5) is 4.79 Å². The van der Waals surface area contributed by atoms with Gasteiger partial charge >= 0.3 is 6.16 Å². The molecule has 0 N–H and O–H groups in total. The second-order valence-electron chi connectivity index (χ2n) is 5.65. The van der Waals surface area contributed by atoms with Crippen LogP contribution in [0.25, 0.3) is 0 Å². The quantitative estimate of drug-likeness (QED) is 0.711. The predicted octanol–water partition coefficient (Wildman–Crippen LogP) is 3.07. The van der Waals surface area contributed by atoms with E-state index >= 15 is 0 Å². The molecule has 4 heteroatoms. The molecule has 0 aromatic carbocycles. The average Bonchev–Trinajstić information content (AvgIpc) is 2.11. The van der Waals surface area contributed by atoms with Crippen molar-refractivity contribution in [3.05, 3.63) is 11.8 Å². The van der Waals surface area contributed by atoms with E-state index in [9.17, 15) is 9.59 Å². The maximum absolute atomic E-state index is 11.4. The standard InChI is InChI=1S/C13H20O4/c1-9(2)8-16-12(15)17-11-5-10(14)6-13(3,4)7-11/h5,9H,6-8H2,1-4H3. The minimum atomic E-state index is -0.726. The molecule has 1 aliphatic rings. The minimum Gasteiger partial charge on any atom is -0.434 e. The van der Waals surface area contributed by atoms with Gasteiger partial charge in [0, 0.05) is 18.9 Å². The van der Waals surface area contributed by atoms with Gasteiger partial charge in [0.2, 0.25) is 0 Å². The van der Waals surface area contributed by atoms with Crippen molar-refractivity contribution in [1.29, 1.82) is 0 Å². The smallest absolute Gasteiger partial charge is 0.434 e. The van der Waals surface area contributed by atoms with E-state index in [0.29, 0.717) is 25.2 Å². The van der Waals surface area contributed by atoms with Crippen LogP contribution in [0.2, 0.25) is 0 Å². The number of rotatable bonds is 3. The zero-order valence-electron chi connectivity index (χ0n) is 10.9. The molecule has 0 bridgehead atoms. The summed E-state index contributed by atoms with van der Waals surface area (Å²) in [5, 5.41) is 0. The van der Waals surface area contributed by atoms with Crippen LogP contribution in [0.5, 0.6) is 0 Å². The zero-order chi connectivity index (χ0) is 13.1. The summed E-state index contributed by atoms with van der Waals surface area (Å²) in [4.78, 5) is 22.8. The molecule has 0 unspecified atom stereocenters. The first kappa shape index (κ1) is 13.7. The lowest BCUT2D eigenvalue weighted by atomic mass is 9.79. The molecule has 0 aromatic heterocycles. The van der Waals surface area contributed by atoms with Crippen LogP contribution in [0, 0.1) is 11.3 Å². The molecule has 0 fully saturated rings. The molecule has 4 nitrogen and oxygen atoms in total. The summed E-state index contributed by atoms with van der Waals surface area (Å²) in [5.41, 5.74) is -0.153. The summed E-state index contributed by atoms with van der Waals surface area (Å²) in [6, 6.07) is 0. The van der Waals surface area contributed by atoms with Crippen molar-refractivity contribution in [2.24, 2.45) is 11.3 Å². The van der Waals surface area contributed by atoms with E-state index in [2.05, 4.69) is 0 Å². The van der Waals surface area contributed by atoms with Crippen LogP contribution < -0.4 is 0 Å². The lowest BCUT2D eigenvalue weighted by Crippen LogP contribution is -2.24. The van der Waals surface area contributed by atoms with Gasteiger partial charge in [-0.2, -0.15) is 0 Å². The van der Waals surface area contributed by atoms with Crippen LogP contribution >= 0.6 is 0 Å². The van der Waals surface area contributed by atoms with Gasteiger partial charge in [0.05, 0.1) is 6.61 Å². The second kappa shape index (κ2) is 5.34. The number of hydrogen-bond donors (Lipinski definition) is 0. The molecule has 0 amide bonds. The lowest BCUT2D eigenvalue weighted by Gasteiger charge is -2.27. The minimum absolute atomic E-state index is 0.00657. The Morgan fingerprint density at radius 1 is 1.41 bits per heavy atom. The van der Waals surface area contributed by atoms with Gasteiger partial charge in [-0.3, -0.25) is 4.79 Å². The fraction of sp³-hybridized carbons (Fsp3) is 0.692. The van der Waals surface area contributed by atoms with Gasteiger partial charge in [0.25, 0.3) is 0 Å². The number of carbonyl (C=O) groups is 2. The van der Waals surface area contributed by atoms with Crippen LogP contribution in [-0.2, 0) is 14.3 Å². The van der Waals surface area contributed by atoms with Gasteiger partial charge in [0.1, 0.15) is 5.76 Å².